The number of hydrogen-bond donors (Lipinski definition) is 1. The van der Waals surface area contributed by atoms with Gasteiger partial charge in [0, 0.05) is 17.2 Å². The van der Waals surface area contributed by atoms with Crippen molar-refractivity contribution in [3.05, 3.63) is 61.6 Å². The van der Waals surface area contributed by atoms with E-state index >= 15 is 0 Å². The van der Waals surface area contributed by atoms with E-state index in [1.807, 2.05) is 6.92 Å². The Hall–Kier alpha value is -1.81. The standard InChI is InChI=1S/C11H9ClN2O2/c1-7-2-3-8(12)6-9(7)14-11(16)5-4-10(15)13-14/h2-6H,1H3,(H,13,15). The molecule has 1 heterocycles. The van der Waals surface area contributed by atoms with Gasteiger partial charge < -0.3 is 0 Å². The second kappa shape index (κ2) is 3.98. The molecule has 0 saturated carbocycles. The topological polar surface area (TPSA) is 54.9 Å². The van der Waals surface area contributed by atoms with Crippen LogP contribution in [-0.2, 0) is 0 Å². The summed E-state index contributed by atoms with van der Waals surface area (Å²) in [5, 5.41) is 2.96. The Morgan fingerprint density at radius 2 is 1.94 bits per heavy atom. The van der Waals surface area contributed by atoms with Crippen LogP contribution in [0.25, 0.3) is 5.69 Å². The van der Waals surface area contributed by atoms with Gasteiger partial charge in [-0.1, -0.05) is 17.7 Å². The Balaban J connectivity index is 2.76. The molecule has 0 unspecified atom stereocenters. The minimum atomic E-state index is -0.334. The van der Waals surface area contributed by atoms with E-state index < -0.39 is 0 Å². The molecule has 0 fully saturated rings. The van der Waals surface area contributed by atoms with Gasteiger partial charge in [-0.3, -0.25) is 14.7 Å². The van der Waals surface area contributed by atoms with Crippen molar-refractivity contribution in [3.63, 3.8) is 0 Å². The maximum Gasteiger partial charge on any atom is 0.269 e. The van der Waals surface area contributed by atoms with Crippen LogP contribution >= 0.6 is 11.6 Å². The van der Waals surface area contributed by atoms with Crippen molar-refractivity contribution >= 4 is 11.6 Å². The summed E-state index contributed by atoms with van der Waals surface area (Å²) in [4.78, 5) is 22.7. The zero-order valence-electron chi connectivity index (χ0n) is 8.53. The van der Waals surface area contributed by atoms with Crippen molar-refractivity contribution in [1.29, 1.82) is 0 Å². The molecule has 4 nitrogen and oxygen atoms in total. The van der Waals surface area contributed by atoms with Crippen molar-refractivity contribution in [1.82, 2.24) is 9.78 Å². The lowest BCUT2D eigenvalue weighted by atomic mass is 10.2. The molecule has 0 radical (unpaired) electrons. The van der Waals surface area contributed by atoms with Gasteiger partial charge in [0.1, 0.15) is 0 Å². The predicted octanol–water partition coefficient (Wildman–Crippen LogP) is 1.49. The average molecular weight is 237 g/mol. The summed E-state index contributed by atoms with van der Waals surface area (Å²) in [5.74, 6) is 0. The minimum absolute atomic E-state index is 0.301. The zero-order chi connectivity index (χ0) is 11.7. The van der Waals surface area contributed by atoms with Crippen molar-refractivity contribution in [2.24, 2.45) is 0 Å². The number of nitrogens with zero attached hydrogens (tertiary/aromatic N) is 1. The lowest BCUT2D eigenvalue weighted by Gasteiger charge is -2.08. The van der Waals surface area contributed by atoms with E-state index in [4.69, 9.17) is 11.6 Å². The number of aromatic amines is 1. The van der Waals surface area contributed by atoms with Crippen LogP contribution in [0.1, 0.15) is 5.56 Å². The van der Waals surface area contributed by atoms with Gasteiger partial charge in [-0.05, 0) is 24.6 Å². The van der Waals surface area contributed by atoms with Gasteiger partial charge >= 0.3 is 0 Å². The summed E-state index contributed by atoms with van der Waals surface area (Å²) in [6.45, 7) is 1.84. The number of halogens is 1. The van der Waals surface area contributed by atoms with Gasteiger partial charge in [-0.2, -0.15) is 0 Å². The molecule has 82 valence electrons. The first kappa shape index (κ1) is 10.7. The van der Waals surface area contributed by atoms with E-state index in [-0.39, 0.29) is 11.1 Å². The molecular formula is C11H9ClN2O2. The van der Waals surface area contributed by atoms with E-state index in [0.29, 0.717) is 10.7 Å². The molecule has 1 aromatic heterocycles. The Morgan fingerprint density at radius 3 is 2.69 bits per heavy atom. The zero-order valence-corrected chi connectivity index (χ0v) is 9.28. The lowest BCUT2D eigenvalue weighted by Crippen LogP contribution is -2.26. The van der Waals surface area contributed by atoms with Crippen LogP contribution in [0, 0.1) is 6.92 Å². The average Bonchev–Trinajstić information content (AvgIpc) is 2.25. The summed E-state index contributed by atoms with van der Waals surface area (Å²) in [5.41, 5.74) is 0.799. The van der Waals surface area contributed by atoms with E-state index in [1.54, 1.807) is 18.2 Å². The van der Waals surface area contributed by atoms with Crippen LogP contribution in [-0.4, -0.2) is 9.78 Å². The summed E-state index contributed by atoms with van der Waals surface area (Å²) in [7, 11) is 0. The highest BCUT2D eigenvalue weighted by Crippen LogP contribution is 2.16. The van der Waals surface area contributed by atoms with Gasteiger partial charge in [-0.15, -0.1) is 0 Å². The van der Waals surface area contributed by atoms with E-state index in [2.05, 4.69) is 5.10 Å². The largest absolute Gasteiger partial charge is 0.269 e. The maximum absolute atomic E-state index is 11.6. The number of H-pyrrole nitrogens is 1. The van der Waals surface area contributed by atoms with Crippen molar-refractivity contribution < 1.29 is 0 Å². The van der Waals surface area contributed by atoms with Crippen molar-refractivity contribution in [2.75, 3.05) is 0 Å². The van der Waals surface area contributed by atoms with Gasteiger partial charge in [0.25, 0.3) is 11.1 Å². The van der Waals surface area contributed by atoms with Crippen LogP contribution in [0.5, 0.6) is 0 Å². The molecule has 2 rings (SSSR count). The molecule has 1 aromatic carbocycles. The van der Waals surface area contributed by atoms with Crippen LogP contribution in [0.15, 0.2) is 39.9 Å². The molecule has 0 saturated heterocycles. The molecule has 0 bridgehead atoms. The molecule has 1 N–H and O–H groups in total. The number of rotatable bonds is 1. The molecule has 5 heteroatoms. The molecule has 0 atom stereocenters. The highest BCUT2D eigenvalue weighted by molar-refractivity contribution is 6.30. The number of nitrogens with one attached hydrogen (secondary N) is 1. The number of aryl methyl sites for hydroxylation is 1. The van der Waals surface area contributed by atoms with Crippen LogP contribution in [0.4, 0.5) is 0 Å². The maximum atomic E-state index is 11.6. The predicted molar refractivity (Wildman–Crippen MR) is 62.4 cm³/mol. The third-order valence-electron chi connectivity index (χ3n) is 2.23. The Kier molecular flexibility index (Phi) is 2.66. The first-order valence-corrected chi connectivity index (χ1v) is 5.04. The van der Waals surface area contributed by atoms with Gasteiger partial charge in [0.15, 0.2) is 0 Å². The molecule has 0 aliphatic carbocycles. The molecule has 0 aliphatic heterocycles. The van der Waals surface area contributed by atoms with E-state index in [1.165, 1.54) is 16.8 Å². The molecule has 0 spiro atoms. The SMILES string of the molecule is Cc1ccc(Cl)cc1-n1[nH]c(=O)ccc1=O. The lowest BCUT2D eigenvalue weighted by molar-refractivity contribution is 0.781. The molecule has 0 aliphatic rings. The highest BCUT2D eigenvalue weighted by Gasteiger charge is 2.04. The number of hydrogen-bond acceptors (Lipinski definition) is 2. The van der Waals surface area contributed by atoms with Crippen LogP contribution in [0.3, 0.4) is 0 Å². The third kappa shape index (κ3) is 1.92. The first-order chi connectivity index (χ1) is 7.58. The molecular weight excluding hydrogens is 228 g/mol. The van der Waals surface area contributed by atoms with Crippen molar-refractivity contribution in [2.45, 2.75) is 6.92 Å². The van der Waals surface area contributed by atoms with Crippen molar-refractivity contribution in [3.8, 4) is 5.69 Å². The second-order valence-corrected chi connectivity index (χ2v) is 3.85. The number of benzene rings is 1. The molecule has 0 amide bonds. The first-order valence-electron chi connectivity index (χ1n) is 4.67. The number of aromatic nitrogens is 2. The van der Waals surface area contributed by atoms with E-state index in [0.717, 1.165) is 5.56 Å². The smallest absolute Gasteiger partial charge is 0.268 e. The third-order valence-corrected chi connectivity index (χ3v) is 2.47. The Bertz CT molecular complexity index is 643. The Morgan fingerprint density at radius 1 is 1.19 bits per heavy atom. The fourth-order valence-electron chi connectivity index (χ4n) is 1.43. The summed E-state index contributed by atoms with van der Waals surface area (Å²) >= 11 is 5.85. The van der Waals surface area contributed by atoms with Gasteiger partial charge in [0.2, 0.25) is 0 Å². The highest BCUT2D eigenvalue weighted by atomic mass is 35.5. The fraction of sp³-hybridized carbons (Fsp3) is 0.0909. The summed E-state index contributed by atoms with van der Waals surface area (Å²) < 4.78 is 1.18. The normalized spacial score (nSPS) is 10.4. The quantitative estimate of drug-likeness (QED) is 0.816. The fourth-order valence-corrected chi connectivity index (χ4v) is 1.59. The van der Waals surface area contributed by atoms with Crippen LogP contribution < -0.4 is 11.1 Å². The monoisotopic (exact) mass is 236 g/mol. The minimum Gasteiger partial charge on any atom is -0.268 e. The molecule has 16 heavy (non-hydrogen) atoms. The van der Waals surface area contributed by atoms with Gasteiger partial charge in [-0.25, -0.2) is 4.68 Å². The van der Waals surface area contributed by atoms with Gasteiger partial charge in [0.05, 0.1) is 5.69 Å². The second-order valence-electron chi connectivity index (χ2n) is 3.41. The summed E-state index contributed by atoms with van der Waals surface area (Å²) in [6.07, 6.45) is 0. The van der Waals surface area contributed by atoms with Crippen LogP contribution in [0.2, 0.25) is 5.02 Å². The summed E-state index contributed by atoms with van der Waals surface area (Å²) in [6, 6.07) is 7.56. The van der Waals surface area contributed by atoms with E-state index in [9.17, 15) is 9.59 Å². The Labute approximate surface area is 96.1 Å². The molecule has 2 aromatic rings.